The molecule has 1 rings (SSSR count). The van der Waals surface area contributed by atoms with Crippen LogP contribution in [0.2, 0.25) is 0 Å². The number of hydrogen-bond acceptors (Lipinski definition) is 3. The molecule has 0 saturated carbocycles. The van der Waals surface area contributed by atoms with Crippen LogP contribution >= 0.6 is 0 Å². The Bertz CT molecular complexity index is 186. The molecule has 1 fully saturated rings. The van der Waals surface area contributed by atoms with Crippen LogP contribution in [0.25, 0.3) is 0 Å². The van der Waals surface area contributed by atoms with Crippen LogP contribution in [0, 0.1) is 5.92 Å². The molecule has 1 aliphatic heterocycles. The van der Waals surface area contributed by atoms with Crippen LogP contribution in [-0.2, 0) is 4.74 Å². The predicted molar refractivity (Wildman–Crippen MR) is 63.9 cm³/mol. The molecule has 0 spiro atoms. The van der Waals surface area contributed by atoms with Gasteiger partial charge in [0.15, 0.2) is 0 Å². The van der Waals surface area contributed by atoms with Gasteiger partial charge in [0.25, 0.3) is 0 Å². The second kappa shape index (κ2) is 5.83. The van der Waals surface area contributed by atoms with Gasteiger partial charge in [-0.3, -0.25) is 4.90 Å². The molecule has 1 saturated heterocycles. The highest BCUT2D eigenvalue weighted by Gasteiger charge is 2.31. The van der Waals surface area contributed by atoms with E-state index in [0.717, 1.165) is 19.7 Å². The van der Waals surface area contributed by atoms with E-state index in [1.165, 1.54) is 6.42 Å². The minimum absolute atomic E-state index is 0.347. The number of nitrogens with two attached hydrogens (primary N) is 1. The van der Waals surface area contributed by atoms with E-state index < -0.39 is 0 Å². The number of morpholine rings is 1. The molecular formula is C12H26N2O. The molecule has 2 N–H and O–H groups in total. The SMILES string of the molecule is CCC(C)C(CN)N1CC(C)OCC1C. The van der Waals surface area contributed by atoms with E-state index in [1.807, 2.05) is 0 Å². The van der Waals surface area contributed by atoms with Gasteiger partial charge in [-0.2, -0.15) is 0 Å². The Kier molecular flexibility index (Phi) is 5.03. The summed E-state index contributed by atoms with van der Waals surface area (Å²) in [5.74, 6) is 0.669. The summed E-state index contributed by atoms with van der Waals surface area (Å²) in [6.45, 7) is 11.5. The van der Waals surface area contributed by atoms with Gasteiger partial charge in [0.1, 0.15) is 0 Å². The molecule has 0 aromatic rings. The number of ether oxygens (including phenoxy) is 1. The maximum absolute atomic E-state index is 5.91. The Balaban J connectivity index is 2.64. The average molecular weight is 214 g/mol. The molecule has 0 aromatic carbocycles. The first-order valence-electron chi connectivity index (χ1n) is 6.17. The fourth-order valence-electron chi connectivity index (χ4n) is 2.36. The fraction of sp³-hybridized carbons (Fsp3) is 1.00. The molecule has 0 radical (unpaired) electrons. The Morgan fingerprint density at radius 3 is 2.67 bits per heavy atom. The molecule has 1 heterocycles. The van der Waals surface area contributed by atoms with Gasteiger partial charge in [0.2, 0.25) is 0 Å². The maximum Gasteiger partial charge on any atom is 0.0674 e. The van der Waals surface area contributed by atoms with Gasteiger partial charge < -0.3 is 10.5 Å². The molecule has 4 atom stereocenters. The van der Waals surface area contributed by atoms with Crippen molar-refractivity contribution in [2.75, 3.05) is 19.7 Å². The van der Waals surface area contributed by atoms with Crippen molar-refractivity contribution in [2.45, 2.75) is 52.3 Å². The van der Waals surface area contributed by atoms with Crippen molar-refractivity contribution < 1.29 is 4.74 Å². The molecule has 0 amide bonds. The van der Waals surface area contributed by atoms with Crippen molar-refractivity contribution in [3.8, 4) is 0 Å². The number of rotatable bonds is 4. The maximum atomic E-state index is 5.91. The number of nitrogens with zero attached hydrogens (tertiary/aromatic N) is 1. The summed E-state index contributed by atoms with van der Waals surface area (Å²) < 4.78 is 5.65. The Morgan fingerprint density at radius 1 is 1.47 bits per heavy atom. The van der Waals surface area contributed by atoms with Gasteiger partial charge in [-0.05, 0) is 19.8 Å². The van der Waals surface area contributed by atoms with Crippen molar-refractivity contribution in [1.29, 1.82) is 0 Å². The van der Waals surface area contributed by atoms with E-state index >= 15 is 0 Å². The zero-order chi connectivity index (χ0) is 11.4. The lowest BCUT2D eigenvalue weighted by Gasteiger charge is -2.43. The molecule has 90 valence electrons. The lowest BCUT2D eigenvalue weighted by molar-refractivity contribution is -0.0725. The first-order chi connectivity index (χ1) is 7.10. The highest BCUT2D eigenvalue weighted by atomic mass is 16.5. The van der Waals surface area contributed by atoms with E-state index in [-0.39, 0.29) is 0 Å². The van der Waals surface area contributed by atoms with E-state index in [4.69, 9.17) is 10.5 Å². The third-order valence-electron chi connectivity index (χ3n) is 3.62. The van der Waals surface area contributed by atoms with Crippen LogP contribution in [0.1, 0.15) is 34.1 Å². The smallest absolute Gasteiger partial charge is 0.0674 e. The van der Waals surface area contributed by atoms with Crippen LogP contribution < -0.4 is 5.73 Å². The Hall–Kier alpha value is -0.120. The first kappa shape index (κ1) is 12.9. The summed E-state index contributed by atoms with van der Waals surface area (Å²) in [7, 11) is 0. The van der Waals surface area contributed by atoms with Crippen molar-refractivity contribution in [2.24, 2.45) is 11.7 Å². The topological polar surface area (TPSA) is 38.5 Å². The normalized spacial score (nSPS) is 32.6. The summed E-state index contributed by atoms with van der Waals surface area (Å²) in [5.41, 5.74) is 5.91. The fourth-order valence-corrected chi connectivity index (χ4v) is 2.36. The summed E-state index contributed by atoms with van der Waals surface area (Å²) in [5, 5.41) is 0. The molecular weight excluding hydrogens is 188 g/mol. The summed E-state index contributed by atoms with van der Waals surface area (Å²) in [4.78, 5) is 2.53. The highest BCUT2D eigenvalue weighted by molar-refractivity contribution is 4.85. The van der Waals surface area contributed by atoms with Crippen LogP contribution in [0.15, 0.2) is 0 Å². The van der Waals surface area contributed by atoms with Crippen molar-refractivity contribution in [3.05, 3.63) is 0 Å². The largest absolute Gasteiger partial charge is 0.376 e. The first-order valence-corrected chi connectivity index (χ1v) is 6.17. The van der Waals surface area contributed by atoms with Gasteiger partial charge in [0, 0.05) is 25.2 Å². The van der Waals surface area contributed by atoms with Gasteiger partial charge in [0.05, 0.1) is 12.7 Å². The second-order valence-electron chi connectivity index (χ2n) is 4.88. The molecule has 3 heteroatoms. The third kappa shape index (κ3) is 3.16. The summed E-state index contributed by atoms with van der Waals surface area (Å²) in [6.07, 6.45) is 1.54. The van der Waals surface area contributed by atoms with Crippen LogP contribution in [-0.4, -0.2) is 42.8 Å². The third-order valence-corrected chi connectivity index (χ3v) is 3.62. The lowest BCUT2D eigenvalue weighted by Crippen LogP contribution is -2.56. The van der Waals surface area contributed by atoms with Crippen LogP contribution in [0.5, 0.6) is 0 Å². The predicted octanol–water partition coefficient (Wildman–Crippen LogP) is 1.47. The lowest BCUT2D eigenvalue weighted by atomic mass is 9.95. The van der Waals surface area contributed by atoms with Gasteiger partial charge in [-0.15, -0.1) is 0 Å². The minimum Gasteiger partial charge on any atom is -0.376 e. The number of hydrogen-bond donors (Lipinski definition) is 1. The molecule has 4 unspecified atom stereocenters. The molecule has 0 bridgehead atoms. The molecule has 0 aliphatic carbocycles. The van der Waals surface area contributed by atoms with E-state index in [0.29, 0.717) is 24.1 Å². The Labute approximate surface area is 94.0 Å². The second-order valence-corrected chi connectivity index (χ2v) is 4.88. The van der Waals surface area contributed by atoms with E-state index in [2.05, 4.69) is 32.6 Å². The van der Waals surface area contributed by atoms with Crippen LogP contribution in [0.4, 0.5) is 0 Å². The molecule has 3 nitrogen and oxygen atoms in total. The van der Waals surface area contributed by atoms with Crippen LogP contribution in [0.3, 0.4) is 0 Å². The molecule has 1 aliphatic rings. The zero-order valence-corrected chi connectivity index (χ0v) is 10.6. The van der Waals surface area contributed by atoms with Gasteiger partial charge in [-0.1, -0.05) is 20.3 Å². The summed E-state index contributed by atoms with van der Waals surface area (Å²) in [6, 6.07) is 1.01. The molecule has 0 aromatic heterocycles. The van der Waals surface area contributed by atoms with Gasteiger partial charge >= 0.3 is 0 Å². The monoisotopic (exact) mass is 214 g/mol. The van der Waals surface area contributed by atoms with Crippen molar-refractivity contribution in [3.63, 3.8) is 0 Å². The Morgan fingerprint density at radius 2 is 2.13 bits per heavy atom. The standard InChI is InChI=1S/C12H26N2O/c1-5-9(2)12(6-13)14-7-11(4)15-8-10(14)3/h9-12H,5-8,13H2,1-4H3. The summed E-state index contributed by atoms with van der Waals surface area (Å²) >= 11 is 0. The average Bonchev–Trinajstić information content (AvgIpc) is 2.23. The quantitative estimate of drug-likeness (QED) is 0.770. The highest BCUT2D eigenvalue weighted by Crippen LogP contribution is 2.20. The minimum atomic E-state index is 0.347. The van der Waals surface area contributed by atoms with Gasteiger partial charge in [-0.25, -0.2) is 0 Å². The molecule has 15 heavy (non-hydrogen) atoms. The van der Waals surface area contributed by atoms with Crippen molar-refractivity contribution >= 4 is 0 Å². The van der Waals surface area contributed by atoms with Crippen molar-refractivity contribution in [1.82, 2.24) is 4.90 Å². The zero-order valence-electron chi connectivity index (χ0n) is 10.6. The van der Waals surface area contributed by atoms with E-state index in [1.54, 1.807) is 0 Å². The van der Waals surface area contributed by atoms with E-state index in [9.17, 15) is 0 Å².